The lowest BCUT2D eigenvalue weighted by molar-refractivity contribution is 0.00578. The molecule has 0 bridgehead atoms. The molecule has 15 aromatic carbocycles. The van der Waals surface area contributed by atoms with Crippen molar-refractivity contribution in [3.8, 4) is 22.3 Å². The Bertz CT molecular complexity index is 6950. The molecule has 3 aromatic heterocycles. The summed E-state index contributed by atoms with van der Waals surface area (Å²) in [5.41, 5.74) is 9.45. The quantitative estimate of drug-likeness (QED) is 0.121. The summed E-state index contributed by atoms with van der Waals surface area (Å²) in [6.45, 7) is 32.9. The lowest BCUT2D eigenvalue weighted by Crippen LogP contribution is -2.41. The molecule has 0 amide bonds. The minimum absolute atomic E-state index is 0.346. The molecule has 4 fully saturated rings. The van der Waals surface area contributed by atoms with Gasteiger partial charge in [-0.1, -0.05) is 220 Å². The van der Waals surface area contributed by atoms with Crippen molar-refractivity contribution in [2.24, 2.45) is 0 Å². The molecule has 22 rings (SSSR count). The van der Waals surface area contributed by atoms with Crippen molar-refractivity contribution >= 4 is 224 Å². The Morgan fingerprint density at radius 3 is 0.925 bits per heavy atom. The highest BCUT2D eigenvalue weighted by molar-refractivity contribution is 14.1. The summed E-state index contributed by atoms with van der Waals surface area (Å²) < 4.78 is 71.1. The van der Waals surface area contributed by atoms with E-state index in [9.17, 15) is 0 Å². The molecule has 18 heteroatoms. The fourth-order valence-corrected chi connectivity index (χ4v) is 18.0. The number of hydrogen-bond donors (Lipinski definition) is 0. The first-order chi connectivity index (χ1) is 57.1. The third kappa shape index (κ3) is 15.0. The van der Waals surface area contributed by atoms with E-state index in [1.807, 2.05) is 73.6 Å². The van der Waals surface area contributed by atoms with Crippen molar-refractivity contribution < 1.29 is 50.5 Å². The zero-order chi connectivity index (χ0) is 84.0. The van der Waals surface area contributed by atoms with Crippen LogP contribution in [0.25, 0.3) is 153 Å². The molecule has 0 saturated carbocycles. The zero-order valence-electron chi connectivity index (χ0n) is 70.4. The first-order valence-corrected chi connectivity index (χ1v) is 43.8. The van der Waals surface area contributed by atoms with E-state index in [1.165, 1.54) is 84.0 Å². The van der Waals surface area contributed by atoms with Gasteiger partial charge in [0.15, 0.2) is 0 Å². The Kier molecular flexibility index (Phi) is 21.0. The van der Waals surface area contributed by atoms with E-state index in [0.29, 0.717) is 0 Å². The molecule has 0 unspecified atom stereocenters. The molecule has 0 spiro atoms. The number of rotatable bonds is 5. The van der Waals surface area contributed by atoms with Gasteiger partial charge in [0.25, 0.3) is 0 Å². The maximum absolute atomic E-state index is 6.40. The van der Waals surface area contributed by atoms with Crippen LogP contribution in [0.3, 0.4) is 0 Å². The molecular formula is C102H93B4Br2IO11. The maximum atomic E-state index is 6.40. The standard InChI is InChI=1S/C32H27BO3.C26H15BrO.C22H21BO3.C12H24B2O4.C10H6BrI/c1-31(2)32(3,4)36-33(35-31)28-15-14-23(24-11-7-8-12-25(24)28)22-13-16-29-26(18-22)27-17-20-9-5-6-10-21(20)19-30(27)34-29;27-24-11-10-19(20-7-3-4-8-21(20)24)18-9-12-25-22(14-18)23-13-16-5-1-2-6-17(16)15-26(23)28-25;1-21(2)22(3,4)26-23(25-21)16-9-10-19-18(13-16)17-11-14-7-5-6-8-15(14)12-20(17)24-19;1-9(2)10(3,4)16-13(15-9)14-17-11(5,6)12(7,8)18-14;11-9-5-6-10(12)8-4-2-1-3-7(8)9/h5-19H,1-4H3;1-15H;5-13H,1-4H3;1-8H3;1-6H. The maximum Gasteiger partial charge on any atom is 0.495 e. The van der Waals surface area contributed by atoms with Crippen molar-refractivity contribution in [1.82, 2.24) is 0 Å². The molecule has 4 aliphatic heterocycles. The van der Waals surface area contributed by atoms with Gasteiger partial charge in [0.2, 0.25) is 0 Å². The van der Waals surface area contributed by atoms with Crippen LogP contribution in [0.2, 0.25) is 0 Å². The van der Waals surface area contributed by atoms with Gasteiger partial charge in [-0.05, 0) is 316 Å². The van der Waals surface area contributed by atoms with Gasteiger partial charge in [0, 0.05) is 44.8 Å². The van der Waals surface area contributed by atoms with Gasteiger partial charge in [0.05, 0.1) is 44.8 Å². The van der Waals surface area contributed by atoms with Crippen LogP contribution in [0.1, 0.15) is 111 Å². The van der Waals surface area contributed by atoms with Gasteiger partial charge in [-0.3, -0.25) is 0 Å². The molecule has 18 aromatic rings. The molecule has 0 N–H and O–H groups in total. The van der Waals surface area contributed by atoms with E-state index in [-0.39, 0.29) is 51.9 Å². The van der Waals surface area contributed by atoms with Crippen LogP contribution in [0.5, 0.6) is 0 Å². The lowest BCUT2D eigenvalue weighted by Gasteiger charge is -2.32. The average Bonchev–Trinajstić information content (AvgIpc) is 1.63. The second-order valence-electron chi connectivity index (χ2n) is 36.0. The van der Waals surface area contributed by atoms with Crippen molar-refractivity contribution in [1.29, 1.82) is 0 Å². The van der Waals surface area contributed by atoms with Gasteiger partial charge in [-0.25, -0.2) is 0 Å². The predicted molar refractivity (Wildman–Crippen MR) is 515 cm³/mol. The third-order valence-electron chi connectivity index (χ3n) is 26.1. The fourth-order valence-electron chi connectivity index (χ4n) is 16.4. The summed E-state index contributed by atoms with van der Waals surface area (Å²) in [6.07, 6.45) is 0. The first kappa shape index (κ1) is 81.9. The Labute approximate surface area is 731 Å². The topological polar surface area (TPSA) is 113 Å². The second-order valence-corrected chi connectivity index (χ2v) is 38.8. The summed E-state index contributed by atoms with van der Waals surface area (Å²) in [4.78, 5) is 0. The van der Waals surface area contributed by atoms with E-state index in [2.05, 4.69) is 365 Å². The summed E-state index contributed by atoms with van der Waals surface area (Å²) >= 11 is 9.56. The van der Waals surface area contributed by atoms with E-state index in [1.54, 1.807) is 0 Å². The summed E-state index contributed by atoms with van der Waals surface area (Å²) in [7, 11) is -1.72. The Morgan fingerprint density at radius 1 is 0.233 bits per heavy atom. The molecule has 0 radical (unpaired) electrons. The fraction of sp³-hybridized carbons (Fsp3) is 0.235. The van der Waals surface area contributed by atoms with Crippen molar-refractivity contribution in [3.05, 3.63) is 286 Å². The van der Waals surface area contributed by atoms with Gasteiger partial charge in [-0.2, -0.15) is 0 Å². The summed E-state index contributed by atoms with van der Waals surface area (Å²) in [6, 6.07) is 95.7. The minimum atomic E-state index is -0.476. The van der Waals surface area contributed by atoms with Crippen molar-refractivity contribution in [2.45, 2.75) is 156 Å². The number of hydrogen-bond acceptors (Lipinski definition) is 11. The number of fused-ring (bicyclic) bond motifs is 15. The Balaban J connectivity index is 0.000000107. The normalized spacial score (nSPS) is 17.8. The molecule has 7 heterocycles. The van der Waals surface area contributed by atoms with Crippen LogP contribution >= 0.6 is 54.5 Å². The van der Waals surface area contributed by atoms with Gasteiger partial charge in [-0.15, -0.1) is 0 Å². The molecule has 600 valence electrons. The van der Waals surface area contributed by atoms with E-state index < -0.39 is 21.1 Å². The van der Waals surface area contributed by atoms with E-state index in [4.69, 9.17) is 50.5 Å². The van der Waals surface area contributed by atoms with Crippen LogP contribution < -0.4 is 10.9 Å². The molecule has 0 aliphatic carbocycles. The summed E-state index contributed by atoms with van der Waals surface area (Å²) in [5.74, 6) is 0. The zero-order valence-corrected chi connectivity index (χ0v) is 75.7. The van der Waals surface area contributed by atoms with Crippen molar-refractivity contribution in [3.63, 3.8) is 0 Å². The molecule has 4 saturated heterocycles. The number of furan rings is 3. The van der Waals surface area contributed by atoms with Gasteiger partial charge in [0.1, 0.15) is 33.5 Å². The van der Waals surface area contributed by atoms with Gasteiger partial charge >= 0.3 is 28.3 Å². The number of halogens is 3. The molecular weight excluding hydrogens is 1730 g/mol. The first-order valence-electron chi connectivity index (χ1n) is 41.1. The molecule has 120 heavy (non-hydrogen) atoms. The van der Waals surface area contributed by atoms with Crippen LogP contribution in [0.15, 0.2) is 295 Å². The van der Waals surface area contributed by atoms with Crippen LogP contribution in [-0.2, 0) is 37.2 Å². The van der Waals surface area contributed by atoms with Crippen LogP contribution in [0, 0.1) is 3.57 Å². The Morgan fingerprint density at radius 2 is 0.525 bits per heavy atom. The highest BCUT2D eigenvalue weighted by Gasteiger charge is 2.64. The third-order valence-corrected chi connectivity index (χ3v) is 28.4. The van der Waals surface area contributed by atoms with Crippen LogP contribution in [-0.4, -0.2) is 73.1 Å². The van der Waals surface area contributed by atoms with Gasteiger partial charge < -0.3 is 50.5 Å². The minimum Gasteiger partial charge on any atom is -0.456 e. The second kappa shape index (κ2) is 30.7. The highest BCUT2D eigenvalue weighted by Crippen LogP contribution is 2.47. The summed E-state index contributed by atoms with van der Waals surface area (Å²) in [5, 5.41) is 21.4. The Hall–Kier alpha value is -9.11. The largest absolute Gasteiger partial charge is 0.495 e. The van der Waals surface area contributed by atoms with Crippen LogP contribution in [0.4, 0.5) is 0 Å². The number of benzene rings is 15. The highest BCUT2D eigenvalue weighted by atomic mass is 127. The molecule has 0 atom stereocenters. The van der Waals surface area contributed by atoms with E-state index in [0.717, 1.165) is 92.2 Å². The molecule has 4 aliphatic rings. The predicted octanol–water partition coefficient (Wildman–Crippen LogP) is 27.7. The molecule has 11 nitrogen and oxygen atoms in total. The average molecular weight is 1820 g/mol. The SMILES string of the molecule is Brc1ccc(-c2ccc3oc4cc5ccccc5cc4c3c2)c2ccccc12.Brc1ccc(I)c2ccccc12.CC1(C)OB(B2OC(C)(C)C(C)(C)O2)OC1(C)C.CC1(C)OB(c2ccc(-c3ccc4oc5cc6ccccc6cc5c4c3)c3ccccc23)OC1(C)C.CC1(C)OB(c2ccc3oc4cc5ccccc5cc4c3c2)OC1(C)C. The lowest BCUT2D eigenvalue weighted by atomic mass is 9.49. The van der Waals surface area contributed by atoms with E-state index >= 15 is 0 Å². The van der Waals surface area contributed by atoms with Crippen molar-refractivity contribution in [2.75, 3.05) is 0 Å². The smallest absolute Gasteiger partial charge is 0.456 e. The monoisotopic (exact) mass is 1820 g/mol.